The van der Waals surface area contributed by atoms with Crippen LogP contribution in [0.15, 0.2) is 97.1 Å². The van der Waals surface area contributed by atoms with Crippen molar-refractivity contribution in [3.63, 3.8) is 0 Å². The van der Waals surface area contributed by atoms with Gasteiger partial charge in [-0.25, -0.2) is 0 Å². The molecule has 0 spiro atoms. The third kappa shape index (κ3) is 3.96. The monoisotopic (exact) mass is 408 g/mol. The second-order valence-corrected chi connectivity index (χ2v) is 7.01. The Morgan fingerprint density at radius 3 is 1.74 bits per heavy atom. The summed E-state index contributed by atoms with van der Waals surface area (Å²) in [5, 5.41) is 10.5. The summed E-state index contributed by atoms with van der Waals surface area (Å²) < 4.78 is 5.48. The smallest absolute Gasteiger partial charge is 0.196 e. The number of phenols is 1. The minimum absolute atomic E-state index is 0.137. The Balaban J connectivity index is 1.87. The second-order valence-electron chi connectivity index (χ2n) is 7.01. The summed E-state index contributed by atoms with van der Waals surface area (Å²) in [5.41, 5.74) is 2.82. The molecule has 4 aromatic rings. The average molecular weight is 408 g/mol. The van der Waals surface area contributed by atoms with Crippen LogP contribution in [0.4, 0.5) is 0 Å². The van der Waals surface area contributed by atoms with Crippen molar-refractivity contribution in [2.45, 2.75) is 0 Å². The summed E-state index contributed by atoms with van der Waals surface area (Å²) in [7, 11) is 1.48. The van der Waals surface area contributed by atoms with E-state index >= 15 is 0 Å². The van der Waals surface area contributed by atoms with Gasteiger partial charge in [0.25, 0.3) is 0 Å². The number of carbonyl (C=O) groups excluding carboxylic acids is 2. The standard InChI is InChI=1S/C27H20O4/c1-31-25-17-24(28)23(27(30)19-12-6-3-7-13-19)16-22(25)20-14-8-9-15-21(20)26(29)18-10-4-2-5-11-18/h2-17,28H,1H3. The molecule has 0 atom stereocenters. The Kier molecular flexibility index (Phi) is 5.63. The van der Waals surface area contributed by atoms with Crippen LogP contribution in [0.2, 0.25) is 0 Å². The number of ether oxygens (including phenoxy) is 1. The lowest BCUT2D eigenvalue weighted by atomic mass is 9.91. The van der Waals surface area contributed by atoms with E-state index in [1.807, 2.05) is 36.4 Å². The Labute approximate surface area is 180 Å². The lowest BCUT2D eigenvalue weighted by Crippen LogP contribution is -2.06. The molecule has 4 heteroatoms. The third-order valence-electron chi connectivity index (χ3n) is 5.10. The Hall–Kier alpha value is -4.18. The van der Waals surface area contributed by atoms with Crippen molar-refractivity contribution in [1.82, 2.24) is 0 Å². The SMILES string of the molecule is COc1cc(O)c(C(=O)c2ccccc2)cc1-c1ccccc1C(=O)c1ccccc1. The highest BCUT2D eigenvalue weighted by Crippen LogP contribution is 2.38. The molecule has 0 amide bonds. The number of methoxy groups -OCH3 is 1. The molecule has 0 aromatic heterocycles. The van der Waals surface area contributed by atoms with Crippen molar-refractivity contribution >= 4 is 11.6 Å². The van der Waals surface area contributed by atoms with E-state index in [-0.39, 0.29) is 22.9 Å². The van der Waals surface area contributed by atoms with E-state index in [1.165, 1.54) is 13.2 Å². The van der Waals surface area contributed by atoms with E-state index in [0.717, 1.165) is 0 Å². The number of phenolic OH excluding ortho intramolecular Hbond substituents is 1. The van der Waals surface area contributed by atoms with Crippen LogP contribution in [0.1, 0.15) is 31.8 Å². The lowest BCUT2D eigenvalue weighted by molar-refractivity contribution is 0.103. The molecule has 0 saturated carbocycles. The van der Waals surface area contributed by atoms with Crippen molar-refractivity contribution in [3.05, 3.63) is 119 Å². The van der Waals surface area contributed by atoms with Gasteiger partial charge in [0.2, 0.25) is 0 Å². The number of hydrogen-bond acceptors (Lipinski definition) is 4. The summed E-state index contributed by atoms with van der Waals surface area (Å²) in [6, 6.07) is 27.9. The second kappa shape index (κ2) is 8.67. The van der Waals surface area contributed by atoms with Crippen molar-refractivity contribution in [2.75, 3.05) is 7.11 Å². The number of carbonyl (C=O) groups is 2. The van der Waals surface area contributed by atoms with Gasteiger partial charge in [0.15, 0.2) is 11.6 Å². The molecule has 0 heterocycles. The van der Waals surface area contributed by atoms with E-state index in [4.69, 9.17) is 4.74 Å². The molecule has 0 radical (unpaired) electrons. The topological polar surface area (TPSA) is 63.6 Å². The van der Waals surface area contributed by atoms with Gasteiger partial charge in [-0.2, -0.15) is 0 Å². The summed E-state index contributed by atoms with van der Waals surface area (Å²) in [5.74, 6) is -0.257. The summed E-state index contributed by atoms with van der Waals surface area (Å²) >= 11 is 0. The fourth-order valence-corrected chi connectivity index (χ4v) is 3.54. The van der Waals surface area contributed by atoms with Gasteiger partial charge in [0.1, 0.15) is 11.5 Å². The van der Waals surface area contributed by atoms with Crippen LogP contribution in [0, 0.1) is 0 Å². The number of hydrogen-bond donors (Lipinski definition) is 1. The summed E-state index contributed by atoms with van der Waals surface area (Å²) in [6.07, 6.45) is 0. The van der Waals surface area contributed by atoms with Gasteiger partial charge in [0.05, 0.1) is 12.7 Å². The lowest BCUT2D eigenvalue weighted by Gasteiger charge is -2.15. The van der Waals surface area contributed by atoms with Crippen LogP contribution in [0.5, 0.6) is 11.5 Å². The molecule has 4 nitrogen and oxygen atoms in total. The maximum atomic E-state index is 13.2. The van der Waals surface area contributed by atoms with Crippen molar-refractivity contribution in [2.24, 2.45) is 0 Å². The van der Waals surface area contributed by atoms with Crippen molar-refractivity contribution in [3.8, 4) is 22.6 Å². The molecule has 31 heavy (non-hydrogen) atoms. The number of rotatable bonds is 6. The molecule has 152 valence electrons. The number of benzene rings is 4. The van der Waals surface area contributed by atoms with Crippen LogP contribution < -0.4 is 4.74 Å². The fourth-order valence-electron chi connectivity index (χ4n) is 3.54. The van der Waals surface area contributed by atoms with Crippen LogP contribution in [-0.4, -0.2) is 23.8 Å². The minimum atomic E-state index is -0.311. The molecule has 4 aromatic carbocycles. The molecule has 0 unspecified atom stereocenters. The van der Waals surface area contributed by atoms with Crippen LogP contribution in [0.3, 0.4) is 0 Å². The van der Waals surface area contributed by atoms with E-state index in [0.29, 0.717) is 33.6 Å². The highest BCUT2D eigenvalue weighted by atomic mass is 16.5. The summed E-state index contributed by atoms with van der Waals surface area (Å²) in [6.45, 7) is 0. The fraction of sp³-hybridized carbons (Fsp3) is 0.0370. The summed E-state index contributed by atoms with van der Waals surface area (Å²) in [4.78, 5) is 26.2. The van der Waals surface area contributed by atoms with Gasteiger partial charge in [-0.3, -0.25) is 9.59 Å². The van der Waals surface area contributed by atoms with Gasteiger partial charge < -0.3 is 9.84 Å². The van der Waals surface area contributed by atoms with E-state index < -0.39 is 0 Å². The van der Waals surface area contributed by atoms with Crippen LogP contribution in [-0.2, 0) is 0 Å². The molecule has 0 aliphatic heterocycles. The highest BCUT2D eigenvalue weighted by Gasteiger charge is 2.21. The predicted molar refractivity (Wildman–Crippen MR) is 120 cm³/mol. The third-order valence-corrected chi connectivity index (χ3v) is 5.10. The Morgan fingerprint density at radius 2 is 1.16 bits per heavy atom. The first kappa shape index (κ1) is 20.1. The molecule has 1 N–H and O–H groups in total. The zero-order valence-electron chi connectivity index (χ0n) is 16.9. The largest absolute Gasteiger partial charge is 0.507 e. The number of ketones is 2. The highest BCUT2D eigenvalue weighted by molar-refractivity contribution is 6.14. The molecule has 0 fully saturated rings. The van der Waals surface area contributed by atoms with E-state index in [1.54, 1.807) is 54.6 Å². The molecule has 0 bridgehead atoms. The zero-order chi connectivity index (χ0) is 21.8. The minimum Gasteiger partial charge on any atom is -0.507 e. The molecular weight excluding hydrogens is 388 g/mol. The van der Waals surface area contributed by atoms with E-state index in [2.05, 4.69) is 0 Å². The van der Waals surface area contributed by atoms with Crippen LogP contribution in [0.25, 0.3) is 11.1 Å². The maximum Gasteiger partial charge on any atom is 0.196 e. The predicted octanol–water partition coefficient (Wildman–Crippen LogP) is 5.53. The zero-order valence-corrected chi connectivity index (χ0v) is 16.9. The first-order chi connectivity index (χ1) is 15.1. The molecule has 4 rings (SSSR count). The van der Waals surface area contributed by atoms with E-state index in [9.17, 15) is 14.7 Å². The van der Waals surface area contributed by atoms with Crippen molar-refractivity contribution < 1.29 is 19.4 Å². The molecule has 0 aliphatic carbocycles. The Morgan fingerprint density at radius 1 is 0.645 bits per heavy atom. The first-order valence-electron chi connectivity index (χ1n) is 9.80. The van der Waals surface area contributed by atoms with Gasteiger partial charge in [-0.05, 0) is 11.6 Å². The Bertz CT molecular complexity index is 1240. The molecule has 0 aliphatic rings. The normalized spacial score (nSPS) is 10.5. The average Bonchev–Trinajstić information content (AvgIpc) is 2.84. The number of aromatic hydroxyl groups is 1. The van der Waals surface area contributed by atoms with Crippen molar-refractivity contribution in [1.29, 1.82) is 0 Å². The van der Waals surface area contributed by atoms with Gasteiger partial charge >= 0.3 is 0 Å². The van der Waals surface area contributed by atoms with Gasteiger partial charge in [-0.1, -0.05) is 84.9 Å². The van der Waals surface area contributed by atoms with Gasteiger partial charge in [0, 0.05) is 28.3 Å². The molecular formula is C27H20O4. The maximum absolute atomic E-state index is 13.2. The van der Waals surface area contributed by atoms with Crippen LogP contribution >= 0.6 is 0 Å². The van der Waals surface area contributed by atoms with Gasteiger partial charge in [-0.15, -0.1) is 0 Å². The molecule has 0 saturated heterocycles. The quantitative estimate of drug-likeness (QED) is 0.426. The first-order valence-corrected chi connectivity index (χ1v) is 9.80.